The standard InChI is InChI=1S/C36H31ClF5N3O5/c1-18-4-3-5-29-32(18)21-10-19(2)33(39)25(11-21)28(14-31(47)48)43-35(49)34(24-12-23(50-29)6-7-27(24)37)45-15-20(8-9-44-16-22(38)17-44)26(13-30(45)46)36(40,41)42/h3-7,10-13,15,22,28,34H,8-9,14,16-17H2,1-2H3,(H,43,49)(H,47,48)/t28-,34-/m0/s1. The lowest BCUT2D eigenvalue weighted by molar-refractivity contribution is -0.139. The zero-order valence-electron chi connectivity index (χ0n) is 26.8. The molecule has 0 saturated carbocycles. The third kappa shape index (κ3) is 6.97. The molecule has 6 rings (SSSR count). The molecule has 1 saturated heterocycles. The van der Waals surface area contributed by atoms with Crippen molar-refractivity contribution in [2.45, 2.75) is 51.1 Å². The van der Waals surface area contributed by atoms with Crippen LogP contribution in [0.15, 0.2) is 65.6 Å². The van der Waals surface area contributed by atoms with Gasteiger partial charge in [-0.1, -0.05) is 23.7 Å². The highest BCUT2D eigenvalue weighted by Gasteiger charge is 2.37. The molecule has 4 bridgehead atoms. The summed E-state index contributed by atoms with van der Waals surface area (Å²) >= 11 is 6.63. The predicted octanol–water partition coefficient (Wildman–Crippen LogP) is 7.17. The van der Waals surface area contributed by atoms with Crippen LogP contribution in [-0.4, -0.2) is 52.3 Å². The van der Waals surface area contributed by atoms with Gasteiger partial charge in [-0.15, -0.1) is 0 Å². The minimum Gasteiger partial charge on any atom is -0.481 e. The van der Waals surface area contributed by atoms with E-state index in [1.807, 2.05) is 13.0 Å². The van der Waals surface area contributed by atoms with Crippen LogP contribution in [0.5, 0.6) is 11.5 Å². The molecule has 1 aromatic heterocycles. The number of alkyl halides is 4. The molecule has 14 heteroatoms. The minimum atomic E-state index is -4.93. The van der Waals surface area contributed by atoms with Crippen LogP contribution >= 0.6 is 11.6 Å². The normalized spacial score (nSPS) is 18.1. The van der Waals surface area contributed by atoms with Gasteiger partial charge >= 0.3 is 12.1 Å². The average Bonchev–Trinajstić information content (AvgIpc) is 3.02. The lowest BCUT2D eigenvalue weighted by atomic mass is 9.92. The zero-order chi connectivity index (χ0) is 36.1. The molecule has 262 valence electrons. The van der Waals surface area contributed by atoms with E-state index in [1.165, 1.54) is 31.2 Å². The number of hydrogen-bond donors (Lipinski definition) is 2. The van der Waals surface area contributed by atoms with Crippen LogP contribution in [0.3, 0.4) is 0 Å². The van der Waals surface area contributed by atoms with Gasteiger partial charge in [-0.2, -0.15) is 13.2 Å². The minimum absolute atomic E-state index is 0.0524. The molecule has 0 radical (unpaired) electrons. The monoisotopic (exact) mass is 715 g/mol. The Labute approximate surface area is 288 Å². The highest BCUT2D eigenvalue weighted by molar-refractivity contribution is 6.31. The van der Waals surface area contributed by atoms with Gasteiger partial charge in [0, 0.05) is 53.6 Å². The van der Waals surface area contributed by atoms with Crippen molar-refractivity contribution in [1.29, 1.82) is 0 Å². The molecule has 50 heavy (non-hydrogen) atoms. The van der Waals surface area contributed by atoms with E-state index in [2.05, 4.69) is 5.32 Å². The predicted molar refractivity (Wildman–Crippen MR) is 175 cm³/mol. The summed E-state index contributed by atoms with van der Waals surface area (Å²) in [4.78, 5) is 41.7. The third-order valence-electron chi connectivity index (χ3n) is 8.97. The van der Waals surface area contributed by atoms with Crippen molar-refractivity contribution in [1.82, 2.24) is 14.8 Å². The van der Waals surface area contributed by atoms with Gasteiger partial charge < -0.3 is 15.2 Å². The second-order valence-electron chi connectivity index (χ2n) is 12.6. The Hall–Kier alpha value is -4.75. The van der Waals surface area contributed by atoms with Crippen molar-refractivity contribution in [3.8, 4) is 22.6 Å². The van der Waals surface area contributed by atoms with Gasteiger partial charge in [-0.25, -0.2) is 8.78 Å². The Bertz CT molecular complexity index is 2060. The number of hydrogen-bond acceptors (Lipinski definition) is 5. The lowest BCUT2D eigenvalue weighted by Gasteiger charge is -2.34. The molecule has 0 aliphatic carbocycles. The van der Waals surface area contributed by atoms with E-state index in [0.717, 1.165) is 16.3 Å². The summed E-state index contributed by atoms with van der Waals surface area (Å²) in [5, 5.41) is 12.3. The summed E-state index contributed by atoms with van der Waals surface area (Å²) in [6.07, 6.45) is -6.11. The molecule has 2 N–H and O–H groups in total. The van der Waals surface area contributed by atoms with E-state index >= 15 is 4.39 Å². The number of rotatable bonds is 6. The third-order valence-corrected chi connectivity index (χ3v) is 9.32. The quantitative estimate of drug-likeness (QED) is 0.206. The molecule has 0 spiro atoms. The van der Waals surface area contributed by atoms with Gasteiger partial charge in [0.05, 0.1) is 18.0 Å². The first-order chi connectivity index (χ1) is 23.6. The van der Waals surface area contributed by atoms with Crippen LogP contribution in [0, 0.1) is 19.7 Å². The van der Waals surface area contributed by atoms with Crippen LogP contribution in [0.25, 0.3) is 11.1 Å². The molecule has 8 nitrogen and oxygen atoms in total. The van der Waals surface area contributed by atoms with E-state index in [1.54, 1.807) is 23.1 Å². The summed E-state index contributed by atoms with van der Waals surface area (Å²) in [5.41, 5.74) is -1.04. The number of amides is 1. The molecule has 3 aromatic carbocycles. The first kappa shape index (κ1) is 35.1. The molecule has 4 aromatic rings. The van der Waals surface area contributed by atoms with Crippen LogP contribution in [0.1, 0.15) is 51.9 Å². The topological polar surface area (TPSA) is 101 Å². The number of ether oxygens (including phenoxy) is 1. The van der Waals surface area contributed by atoms with Gasteiger partial charge in [-0.05, 0) is 78.9 Å². The molecule has 0 unspecified atom stereocenters. The van der Waals surface area contributed by atoms with E-state index < -0.39 is 59.7 Å². The van der Waals surface area contributed by atoms with Crippen LogP contribution in [-0.2, 0) is 22.2 Å². The number of likely N-dealkylation sites (tertiary alicyclic amines) is 1. The first-order valence-corrected chi connectivity index (χ1v) is 16.1. The van der Waals surface area contributed by atoms with E-state index in [0.29, 0.717) is 22.9 Å². The summed E-state index contributed by atoms with van der Waals surface area (Å²) in [6, 6.07) is 9.61. The van der Waals surface area contributed by atoms with E-state index in [-0.39, 0.29) is 59.1 Å². The Kier molecular flexibility index (Phi) is 9.49. The number of carboxylic acid groups (broad SMARTS) is 1. The number of pyridine rings is 1. The number of nitrogens with zero attached hydrogens (tertiary/aromatic N) is 2. The number of fused-ring (bicyclic) bond motifs is 6. The maximum Gasteiger partial charge on any atom is 0.416 e. The number of carbonyl (C=O) groups is 2. The smallest absolute Gasteiger partial charge is 0.416 e. The number of aliphatic carboxylic acids is 1. The molecule has 1 fully saturated rings. The van der Waals surface area contributed by atoms with Crippen LogP contribution in [0.4, 0.5) is 22.0 Å². The highest BCUT2D eigenvalue weighted by Crippen LogP contribution is 2.41. The van der Waals surface area contributed by atoms with Gasteiger partial charge in [0.25, 0.3) is 5.56 Å². The maximum atomic E-state index is 15.9. The fourth-order valence-electron chi connectivity index (χ4n) is 6.52. The first-order valence-electron chi connectivity index (χ1n) is 15.7. The zero-order valence-corrected chi connectivity index (χ0v) is 27.5. The molecule has 3 heterocycles. The molecular formula is C36H31ClF5N3O5. The maximum absolute atomic E-state index is 15.9. The Morgan fingerprint density at radius 3 is 2.46 bits per heavy atom. The summed E-state index contributed by atoms with van der Waals surface area (Å²) in [7, 11) is 0. The SMILES string of the molecule is Cc1cc2cc(c1F)[C@H](CC(=O)O)NC(=O)[C@@H](n1cc(CCN3CC(F)C3)c(C(F)(F)F)cc1=O)c1cc(ccc1Cl)Oc1cccc(C)c1-2. The van der Waals surface area contributed by atoms with E-state index in [9.17, 15) is 37.1 Å². The largest absolute Gasteiger partial charge is 0.481 e. The van der Waals surface area contributed by atoms with Crippen LogP contribution in [0.2, 0.25) is 5.02 Å². The number of aryl methyl sites for hydroxylation is 2. The summed E-state index contributed by atoms with van der Waals surface area (Å²) in [5.74, 6) is -2.71. The number of halogens is 6. The molecule has 2 atom stereocenters. The van der Waals surface area contributed by atoms with Crippen molar-refractivity contribution in [3.05, 3.63) is 115 Å². The Balaban J connectivity index is 1.58. The van der Waals surface area contributed by atoms with Gasteiger partial charge in [0.15, 0.2) is 0 Å². The molecule has 2 aliphatic rings. The second kappa shape index (κ2) is 13.5. The average molecular weight is 716 g/mol. The van der Waals surface area contributed by atoms with Crippen molar-refractivity contribution < 1.29 is 41.4 Å². The number of aromatic nitrogens is 1. The molecule has 1 amide bonds. The van der Waals surface area contributed by atoms with E-state index in [4.69, 9.17) is 16.3 Å². The van der Waals surface area contributed by atoms with Gasteiger partial charge in [0.2, 0.25) is 5.91 Å². The number of benzene rings is 3. The number of carbonyl (C=O) groups excluding carboxylic acids is 1. The lowest BCUT2D eigenvalue weighted by Crippen LogP contribution is -2.49. The van der Waals surface area contributed by atoms with Gasteiger partial charge in [0.1, 0.15) is 29.5 Å². The summed E-state index contributed by atoms with van der Waals surface area (Å²) in [6.45, 7) is 3.46. The number of carboxylic acids is 1. The van der Waals surface area contributed by atoms with Crippen molar-refractivity contribution in [2.24, 2.45) is 0 Å². The Morgan fingerprint density at radius 2 is 1.78 bits per heavy atom. The fourth-order valence-corrected chi connectivity index (χ4v) is 6.74. The number of nitrogens with one attached hydrogen (secondary N) is 1. The molecule has 2 aliphatic heterocycles. The fraction of sp³-hybridized carbons (Fsp3) is 0.306. The van der Waals surface area contributed by atoms with Gasteiger partial charge in [-0.3, -0.25) is 23.9 Å². The van der Waals surface area contributed by atoms with Crippen LogP contribution < -0.4 is 15.6 Å². The Morgan fingerprint density at radius 1 is 1.04 bits per heavy atom. The highest BCUT2D eigenvalue weighted by atomic mass is 35.5. The molecular weight excluding hydrogens is 685 g/mol. The van der Waals surface area contributed by atoms with Crippen molar-refractivity contribution >= 4 is 23.5 Å². The van der Waals surface area contributed by atoms with Crippen molar-refractivity contribution in [2.75, 3.05) is 19.6 Å². The summed E-state index contributed by atoms with van der Waals surface area (Å²) < 4.78 is 79.0. The van der Waals surface area contributed by atoms with Crippen molar-refractivity contribution in [3.63, 3.8) is 0 Å². The second-order valence-corrected chi connectivity index (χ2v) is 13.0.